The van der Waals surface area contributed by atoms with Gasteiger partial charge in [-0.25, -0.2) is 0 Å². The lowest BCUT2D eigenvalue weighted by atomic mass is 10.2. The van der Waals surface area contributed by atoms with Crippen molar-refractivity contribution in [3.63, 3.8) is 0 Å². The van der Waals surface area contributed by atoms with Crippen LogP contribution in [0, 0.1) is 0 Å². The smallest absolute Gasteiger partial charge is 0.0174 e. The third-order valence-electron chi connectivity index (χ3n) is 0.869. The SMILES string of the molecule is C=C/C(=C/C)CN. The molecule has 0 aromatic rings. The molecule has 0 spiro atoms. The Labute approximate surface area is 44.5 Å². The summed E-state index contributed by atoms with van der Waals surface area (Å²) in [5.74, 6) is 0. The van der Waals surface area contributed by atoms with Crippen LogP contribution in [0.5, 0.6) is 0 Å². The van der Waals surface area contributed by atoms with Crippen molar-refractivity contribution in [1.29, 1.82) is 0 Å². The van der Waals surface area contributed by atoms with Gasteiger partial charge in [0.05, 0.1) is 0 Å². The Kier molecular flexibility index (Phi) is 3.33. The van der Waals surface area contributed by atoms with E-state index in [0.717, 1.165) is 5.57 Å². The molecule has 0 saturated carbocycles. The van der Waals surface area contributed by atoms with E-state index in [2.05, 4.69) is 6.58 Å². The topological polar surface area (TPSA) is 26.0 Å². The maximum Gasteiger partial charge on any atom is 0.0174 e. The van der Waals surface area contributed by atoms with Crippen LogP contribution >= 0.6 is 0 Å². The summed E-state index contributed by atoms with van der Waals surface area (Å²) in [5, 5.41) is 0. The molecular weight excluding hydrogens is 86.1 g/mol. The number of nitrogens with two attached hydrogens (primary N) is 1. The molecule has 7 heavy (non-hydrogen) atoms. The van der Waals surface area contributed by atoms with Crippen LogP contribution < -0.4 is 5.73 Å². The van der Waals surface area contributed by atoms with Crippen LogP contribution in [0.3, 0.4) is 0 Å². The molecule has 1 heteroatoms. The van der Waals surface area contributed by atoms with Crippen LogP contribution in [0.15, 0.2) is 24.3 Å². The molecule has 0 atom stereocenters. The van der Waals surface area contributed by atoms with Gasteiger partial charge < -0.3 is 5.73 Å². The minimum atomic E-state index is 0.597. The average molecular weight is 97.2 g/mol. The fraction of sp³-hybridized carbons (Fsp3) is 0.333. The van der Waals surface area contributed by atoms with E-state index in [-0.39, 0.29) is 0 Å². The third kappa shape index (κ3) is 2.18. The molecule has 0 radical (unpaired) electrons. The highest BCUT2D eigenvalue weighted by Crippen LogP contribution is 1.88. The van der Waals surface area contributed by atoms with Crippen LogP contribution in [-0.2, 0) is 0 Å². The van der Waals surface area contributed by atoms with Gasteiger partial charge in [0.1, 0.15) is 0 Å². The second-order valence-corrected chi connectivity index (χ2v) is 1.27. The van der Waals surface area contributed by atoms with Crippen molar-refractivity contribution >= 4 is 0 Å². The summed E-state index contributed by atoms with van der Waals surface area (Å²) < 4.78 is 0. The second kappa shape index (κ2) is 3.62. The highest BCUT2D eigenvalue weighted by atomic mass is 14.5. The van der Waals surface area contributed by atoms with E-state index in [9.17, 15) is 0 Å². The van der Waals surface area contributed by atoms with Crippen LogP contribution in [0.2, 0.25) is 0 Å². The summed E-state index contributed by atoms with van der Waals surface area (Å²) in [6, 6.07) is 0. The first-order valence-electron chi connectivity index (χ1n) is 2.32. The largest absolute Gasteiger partial charge is 0.327 e. The van der Waals surface area contributed by atoms with E-state index in [4.69, 9.17) is 5.73 Å². The molecule has 0 fully saturated rings. The fourth-order valence-corrected chi connectivity index (χ4v) is 0.319. The Balaban J connectivity index is 3.60. The van der Waals surface area contributed by atoms with Gasteiger partial charge in [-0.2, -0.15) is 0 Å². The van der Waals surface area contributed by atoms with Crippen molar-refractivity contribution in [2.75, 3.05) is 6.54 Å². The van der Waals surface area contributed by atoms with Crippen molar-refractivity contribution < 1.29 is 0 Å². The molecule has 0 aliphatic heterocycles. The molecule has 40 valence electrons. The minimum absolute atomic E-state index is 0.597. The normalized spacial score (nSPS) is 11.4. The first-order valence-corrected chi connectivity index (χ1v) is 2.32. The lowest BCUT2D eigenvalue weighted by molar-refractivity contribution is 1.18. The summed E-state index contributed by atoms with van der Waals surface area (Å²) >= 11 is 0. The zero-order valence-electron chi connectivity index (χ0n) is 4.65. The van der Waals surface area contributed by atoms with Crippen LogP contribution in [0.1, 0.15) is 6.92 Å². The van der Waals surface area contributed by atoms with E-state index >= 15 is 0 Å². The summed E-state index contributed by atoms with van der Waals surface area (Å²) in [7, 11) is 0. The van der Waals surface area contributed by atoms with Gasteiger partial charge in [0, 0.05) is 6.54 Å². The standard InChI is InChI=1S/C6H11N/c1-3-6(4-2)5-7/h3-4H,1,5,7H2,2H3/b6-4-. The zero-order valence-corrected chi connectivity index (χ0v) is 4.65. The van der Waals surface area contributed by atoms with Crippen LogP contribution in [-0.4, -0.2) is 6.54 Å². The molecule has 0 aromatic heterocycles. The van der Waals surface area contributed by atoms with Gasteiger partial charge >= 0.3 is 0 Å². The number of allylic oxidation sites excluding steroid dienone is 1. The minimum Gasteiger partial charge on any atom is -0.327 e. The Morgan fingerprint density at radius 2 is 2.43 bits per heavy atom. The molecule has 0 bridgehead atoms. The lowest BCUT2D eigenvalue weighted by Gasteiger charge is -1.88. The van der Waals surface area contributed by atoms with E-state index in [1.54, 1.807) is 6.08 Å². The van der Waals surface area contributed by atoms with E-state index in [1.165, 1.54) is 0 Å². The van der Waals surface area contributed by atoms with Gasteiger partial charge in [0.15, 0.2) is 0 Å². The van der Waals surface area contributed by atoms with E-state index < -0.39 is 0 Å². The van der Waals surface area contributed by atoms with E-state index in [0.29, 0.717) is 6.54 Å². The summed E-state index contributed by atoms with van der Waals surface area (Å²) in [5.41, 5.74) is 6.35. The summed E-state index contributed by atoms with van der Waals surface area (Å²) in [6.07, 6.45) is 3.72. The maximum absolute atomic E-state index is 5.25. The van der Waals surface area contributed by atoms with Gasteiger partial charge in [0.25, 0.3) is 0 Å². The molecule has 1 nitrogen and oxygen atoms in total. The molecule has 0 rings (SSSR count). The number of hydrogen-bond acceptors (Lipinski definition) is 1. The van der Waals surface area contributed by atoms with Crippen molar-refractivity contribution in [2.45, 2.75) is 6.92 Å². The van der Waals surface area contributed by atoms with Crippen LogP contribution in [0.4, 0.5) is 0 Å². The van der Waals surface area contributed by atoms with Gasteiger partial charge in [-0.15, -0.1) is 0 Å². The molecule has 0 amide bonds. The molecule has 0 saturated heterocycles. The lowest BCUT2D eigenvalue weighted by Crippen LogP contribution is -1.99. The molecule has 2 N–H and O–H groups in total. The number of rotatable bonds is 2. The van der Waals surface area contributed by atoms with Crippen molar-refractivity contribution in [1.82, 2.24) is 0 Å². The Bertz CT molecular complexity index is 82.2. The Morgan fingerprint density at radius 1 is 1.86 bits per heavy atom. The maximum atomic E-state index is 5.25. The predicted octanol–water partition coefficient (Wildman–Crippen LogP) is 1.08. The molecule has 0 aromatic carbocycles. The quantitative estimate of drug-likeness (QED) is 0.512. The number of hydrogen-bond donors (Lipinski definition) is 1. The van der Waals surface area contributed by atoms with Gasteiger partial charge in [-0.05, 0) is 12.5 Å². The molecule has 0 aliphatic carbocycles. The second-order valence-electron chi connectivity index (χ2n) is 1.27. The Morgan fingerprint density at radius 3 is 2.43 bits per heavy atom. The highest BCUT2D eigenvalue weighted by molar-refractivity contribution is 5.15. The van der Waals surface area contributed by atoms with Gasteiger partial charge in [-0.3, -0.25) is 0 Å². The molecule has 0 unspecified atom stereocenters. The first-order chi connectivity index (χ1) is 3.35. The summed E-state index contributed by atoms with van der Waals surface area (Å²) in [4.78, 5) is 0. The van der Waals surface area contributed by atoms with Crippen molar-refractivity contribution in [3.8, 4) is 0 Å². The third-order valence-corrected chi connectivity index (χ3v) is 0.869. The van der Waals surface area contributed by atoms with E-state index in [1.807, 2.05) is 13.0 Å². The fourth-order valence-electron chi connectivity index (χ4n) is 0.319. The zero-order chi connectivity index (χ0) is 5.70. The molecule has 0 heterocycles. The van der Waals surface area contributed by atoms with Crippen LogP contribution in [0.25, 0.3) is 0 Å². The van der Waals surface area contributed by atoms with Gasteiger partial charge in [-0.1, -0.05) is 18.7 Å². The molecular formula is C6H11N. The summed E-state index contributed by atoms with van der Waals surface area (Å²) in [6.45, 7) is 6.10. The molecule has 0 aliphatic rings. The first kappa shape index (κ1) is 6.44. The highest BCUT2D eigenvalue weighted by Gasteiger charge is 1.77. The Hall–Kier alpha value is -0.560. The average Bonchev–Trinajstić information content (AvgIpc) is 1.72. The van der Waals surface area contributed by atoms with Crippen molar-refractivity contribution in [3.05, 3.63) is 24.3 Å². The predicted molar refractivity (Wildman–Crippen MR) is 33.0 cm³/mol. The van der Waals surface area contributed by atoms with Gasteiger partial charge in [0.2, 0.25) is 0 Å². The monoisotopic (exact) mass is 97.1 g/mol. The van der Waals surface area contributed by atoms with Crippen molar-refractivity contribution in [2.24, 2.45) is 5.73 Å².